The Morgan fingerprint density at radius 1 is 1.14 bits per heavy atom. The molecule has 0 saturated heterocycles. The van der Waals surface area contributed by atoms with Crippen LogP contribution in [0.3, 0.4) is 0 Å². The summed E-state index contributed by atoms with van der Waals surface area (Å²) in [6, 6.07) is 10.3. The lowest BCUT2D eigenvalue weighted by Gasteiger charge is -2.06. The molecule has 1 aromatic carbocycles. The van der Waals surface area contributed by atoms with Gasteiger partial charge in [-0.2, -0.15) is 0 Å². The molecule has 104 valence electrons. The van der Waals surface area contributed by atoms with Gasteiger partial charge in [0.1, 0.15) is 0 Å². The molecule has 2 heterocycles. The summed E-state index contributed by atoms with van der Waals surface area (Å²) < 4.78 is 1.61. The van der Waals surface area contributed by atoms with E-state index in [0.717, 1.165) is 5.69 Å². The van der Waals surface area contributed by atoms with Crippen LogP contribution in [0.4, 0.5) is 5.82 Å². The lowest BCUT2D eigenvalue weighted by molar-refractivity contribution is 0.102. The number of benzene rings is 1. The molecule has 1 N–H and O–H groups in total. The van der Waals surface area contributed by atoms with Gasteiger partial charge in [0.2, 0.25) is 0 Å². The molecule has 7 heteroatoms. The molecule has 0 bridgehead atoms. The van der Waals surface area contributed by atoms with E-state index in [1.54, 1.807) is 59.7 Å². The number of hydrogen-bond donors (Lipinski definition) is 1. The number of aromatic nitrogens is 4. The normalized spacial score (nSPS) is 10.3. The number of rotatable bonds is 3. The molecule has 0 aliphatic heterocycles. The van der Waals surface area contributed by atoms with Gasteiger partial charge in [-0.1, -0.05) is 16.8 Å². The number of carbonyl (C=O) groups excluding carboxylic acids is 1. The quantitative estimate of drug-likeness (QED) is 0.806. The van der Waals surface area contributed by atoms with Crippen molar-refractivity contribution in [2.75, 3.05) is 5.32 Å². The smallest absolute Gasteiger partial charge is 0.256 e. The van der Waals surface area contributed by atoms with E-state index in [4.69, 9.17) is 11.6 Å². The number of carbonyl (C=O) groups is 1. The zero-order valence-corrected chi connectivity index (χ0v) is 11.5. The van der Waals surface area contributed by atoms with Crippen molar-refractivity contribution >= 4 is 23.3 Å². The Morgan fingerprint density at radius 3 is 2.62 bits per heavy atom. The second-order valence-corrected chi connectivity index (χ2v) is 4.59. The maximum Gasteiger partial charge on any atom is 0.256 e. The molecule has 3 aromatic rings. The van der Waals surface area contributed by atoms with Crippen LogP contribution in [-0.4, -0.2) is 25.9 Å². The molecule has 3 rings (SSSR count). The van der Waals surface area contributed by atoms with Gasteiger partial charge in [-0.25, -0.2) is 9.67 Å². The SMILES string of the molecule is O=C(Nc1ncccc1Cl)c1ccc(-n2ccnn2)cc1. The number of pyridine rings is 1. The number of hydrogen-bond acceptors (Lipinski definition) is 4. The minimum atomic E-state index is -0.277. The minimum Gasteiger partial charge on any atom is -0.305 e. The van der Waals surface area contributed by atoms with Crippen LogP contribution in [0.1, 0.15) is 10.4 Å². The lowest BCUT2D eigenvalue weighted by Crippen LogP contribution is -2.13. The van der Waals surface area contributed by atoms with Gasteiger partial charge in [0.15, 0.2) is 5.82 Å². The zero-order valence-electron chi connectivity index (χ0n) is 10.8. The van der Waals surface area contributed by atoms with Crippen molar-refractivity contribution in [3.63, 3.8) is 0 Å². The van der Waals surface area contributed by atoms with Crippen LogP contribution in [0.5, 0.6) is 0 Å². The van der Waals surface area contributed by atoms with Crippen LogP contribution < -0.4 is 5.32 Å². The van der Waals surface area contributed by atoms with Crippen LogP contribution in [0.15, 0.2) is 55.0 Å². The van der Waals surface area contributed by atoms with Gasteiger partial charge >= 0.3 is 0 Å². The Hall–Kier alpha value is -2.73. The zero-order chi connectivity index (χ0) is 14.7. The first kappa shape index (κ1) is 13.3. The van der Waals surface area contributed by atoms with E-state index in [1.165, 1.54) is 0 Å². The second-order valence-electron chi connectivity index (χ2n) is 4.18. The minimum absolute atomic E-state index is 0.277. The van der Waals surface area contributed by atoms with Crippen LogP contribution in [0.25, 0.3) is 5.69 Å². The molecule has 21 heavy (non-hydrogen) atoms. The highest BCUT2D eigenvalue weighted by molar-refractivity contribution is 6.33. The molecule has 2 aromatic heterocycles. The average Bonchev–Trinajstić information content (AvgIpc) is 3.04. The molecule has 0 spiro atoms. The molecule has 0 unspecified atom stereocenters. The van der Waals surface area contributed by atoms with E-state index in [9.17, 15) is 4.79 Å². The van der Waals surface area contributed by atoms with Crippen molar-refractivity contribution in [3.05, 3.63) is 65.6 Å². The van der Waals surface area contributed by atoms with E-state index in [1.807, 2.05) is 0 Å². The van der Waals surface area contributed by atoms with Crippen molar-refractivity contribution in [1.29, 1.82) is 0 Å². The summed E-state index contributed by atoms with van der Waals surface area (Å²) in [7, 11) is 0. The Balaban J connectivity index is 1.78. The fraction of sp³-hybridized carbons (Fsp3) is 0. The highest BCUT2D eigenvalue weighted by Gasteiger charge is 2.09. The van der Waals surface area contributed by atoms with Gasteiger partial charge in [0, 0.05) is 11.8 Å². The molecule has 6 nitrogen and oxygen atoms in total. The van der Waals surface area contributed by atoms with E-state index >= 15 is 0 Å². The van der Waals surface area contributed by atoms with E-state index in [0.29, 0.717) is 16.4 Å². The third kappa shape index (κ3) is 2.90. The fourth-order valence-electron chi connectivity index (χ4n) is 1.77. The second kappa shape index (κ2) is 5.72. The molecule has 0 aliphatic carbocycles. The first-order chi connectivity index (χ1) is 10.2. The summed E-state index contributed by atoms with van der Waals surface area (Å²) in [4.78, 5) is 16.1. The third-order valence-electron chi connectivity index (χ3n) is 2.81. The van der Waals surface area contributed by atoms with Gasteiger partial charge in [0.05, 0.1) is 23.1 Å². The van der Waals surface area contributed by atoms with E-state index in [-0.39, 0.29) is 5.91 Å². The van der Waals surface area contributed by atoms with Crippen molar-refractivity contribution in [2.45, 2.75) is 0 Å². The van der Waals surface area contributed by atoms with Gasteiger partial charge in [0.25, 0.3) is 5.91 Å². The Kier molecular flexibility index (Phi) is 3.61. The first-order valence-corrected chi connectivity index (χ1v) is 6.50. The molecule has 0 fully saturated rings. The summed E-state index contributed by atoms with van der Waals surface area (Å²) in [5.74, 6) is 0.0604. The average molecular weight is 300 g/mol. The summed E-state index contributed by atoms with van der Waals surface area (Å²) in [5, 5.41) is 10.7. The third-order valence-corrected chi connectivity index (χ3v) is 3.11. The van der Waals surface area contributed by atoms with E-state index < -0.39 is 0 Å². The molecular weight excluding hydrogens is 290 g/mol. The summed E-state index contributed by atoms with van der Waals surface area (Å²) in [5.41, 5.74) is 1.32. The lowest BCUT2D eigenvalue weighted by atomic mass is 10.2. The highest BCUT2D eigenvalue weighted by atomic mass is 35.5. The van der Waals surface area contributed by atoms with Gasteiger partial charge in [-0.3, -0.25) is 4.79 Å². The fourth-order valence-corrected chi connectivity index (χ4v) is 1.94. The molecule has 0 radical (unpaired) electrons. The summed E-state index contributed by atoms with van der Waals surface area (Å²) in [6.07, 6.45) is 4.88. The van der Waals surface area contributed by atoms with Crippen LogP contribution in [-0.2, 0) is 0 Å². The van der Waals surface area contributed by atoms with Gasteiger partial charge in [-0.05, 0) is 36.4 Å². The Morgan fingerprint density at radius 2 is 1.95 bits per heavy atom. The van der Waals surface area contributed by atoms with Crippen molar-refractivity contribution < 1.29 is 4.79 Å². The Bertz CT molecular complexity index is 755. The summed E-state index contributed by atoms with van der Waals surface area (Å²) >= 11 is 5.95. The molecule has 0 atom stereocenters. The topological polar surface area (TPSA) is 72.7 Å². The van der Waals surface area contributed by atoms with Crippen LogP contribution in [0.2, 0.25) is 5.02 Å². The monoisotopic (exact) mass is 299 g/mol. The maximum atomic E-state index is 12.1. The molecule has 0 saturated carbocycles. The highest BCUT2D eigenvalue weighted by Crippen LogP contribution is 2.18. The molecule has 0 aliphatic rings. The van der Waals surface area contributed by atoms with Gasteiger partial charge in [-0.15, -0.1) is 5.10 Å². The number of anilines is 1. The maximum absolute atomic E-state index is 12.1. The van der Waals surface area contributed by atoms with E-state index in [2.05, 4.69) is 20.6 Å². The number of nitrogens with one attached hydrogen (secondary N) is 1. The number of nitrogens with zero attached hydrogens (tertiary/aromatic N) is 4. The molecule has 1 amide bonds. The number of halogens is 1. The number of amides is 1. The van der Waals surface area contributed by atoms with Crippen molar-refractivity contribution in [3.8, 4) is 5.69 Å². The summed E-state index contributed by atoms with van der Waals surface area (Å²) in [6.45, 7) is 0. The van der Waals surface area contributed by atoms with Gasteiger partial charge < -0.3 is 5.32 Å². The first-order valence-electron chi connectivity index (χ1n) is 6.12. The predicted molar refractivity (Wildman–Crippen MR) is 78.6 cm³/mol. The Labute approximate surface area is 125 Å². The van der Waals surface area contributed by atoms with Crippen molar-refractivity contribution in [2.24, 2.45) is 0 Å². The largest absolute Gasteiger partial charge is 0.305 e. The van der Waals surface area contributed by atoms with Crippen molar-refractivity contribution in [1.82, 2.24) is 20.0 Å². The molecular formula is C14H10ClN5O. The van der Waals surface area contributed by atoms with Crippen LogP contribution in [0, 0.1) is 0 Å². The predicted octanol–water partition coefficient (Wildman–Crippen LogP) is 2.57. The standard InChI is InChI=1S/C14H10ClN5O/c15-12-2-1-7-16-13(12)18-14(21)10-3-5-11(6-4-10)20-9-8-17-19-20/h1-9H,(H,16,18,21). The van der Waals surface area contributed by atoms with Crippen LogP contribution >= 0.6 is 11.6 Å².